The minimum atomic E-state index is 0.580. The summed E-state index contributed by atoms with van der Waals surface area (Å²) in [6.45, 7) is 16.5. The molecule has 0 radical (unpaired) electrons. The average molecular weight is 491 g/mol. The van der Waals surface area contributed by atoms with E-state index in [0.29, 0.717) is 12.1 Å². The highest BCUT2D eigenvalue weighted by Crippen LogP contribution is 2.30. The molecule has 0 aromatic heterocycles. The molecule has 3 fully saturated rings. The molecule has 0 saturated carbocycles. The number of rotatable bonds is 7. The zero-order chi connectivity index (χ0) is 25.5. The molecular weight excluding hydrogens is 440 g/mol. The van der Waals surface area contributed by atoms with Crippen LogP contribution in [0.1, 0.15) is 64.5 Å². The Morgan fingerprint density at radius 3 is 2.08 bits per heavy atom. The number of likely N-dealkylation sites (N-methyl/N-ethyl adjacent to an activating group) is 1. The predicted octanol–water partition coefficient (Wildman–Crippen LogP) is 5.73. The number of piperidine rings is 1. The van der Waals surface area contributed by atoms with Gasteiger partial charge in [0.15, 0.2) is 0 Å². The first-order valence-electron chi connectivity index (χ1n) is 14.4. The Bertz CT molecular complexity index is 884. The highest BCUT2D eigenvalue weighted by molar-refractivity contribution is 5.16. The second kappa shape index (κ2) is 13.2. The number of hydrogen-bond donors (Lipinski definition) is 0. The zero-order valence-electron chi connectivity index (χ0n) is 23.5. The van der Waals surface area contributed by atoms with Gasteiger partial charge in [0, 0.05) is 56.4 Å². The van der Waals surface area contributed by atoms with Gasteiger partial charge in [0.2, 0.25) is 0 Å². The normalized spacial score (nSPS) is 25.4. The lowest BCUT2D eigenvalue weighted by atomic mass is 9.96. The van der Waals surface area contributed by atoms with E-state index in [0.717, 1.165) is 31.2 Å². The maximum Gasteiger partial charge on any atom is 0.0266 e. The van der Waals surface area contributed by atoms with Crippen molar-refractivity contribution in [3.8, 4) is 0 Å². The lowest BCUT2D eigenvalue weighted by Crippen LogP contribution is -2.51. The van der Waals surface area contributed by atoms with Gasteiger partial charge in [0.05, 0.1) is 0 Å². The van der Waals surface area contributed by atoms with Crippen molar-refractivity contribution in [3.63, 3.8) is 0 Å². The van der Waals surface area contributed by atoms with Crippen molar-refractivity contribution in [2.75, 3.05) is 33.2 Å². The summed E-state index contributed by atoms with van der Waals surface area (Å²) in [4.78, 5) is 10.5. The van der Waals surface area contributed by atoms with Crippen LogP contribution in [0.3, 0.4) is 0 Å². The predicted molar refractivity (Wildman–Crippen MR) is 153 cm³/mol. The van der Waals surface area contributed by atoms with Gasteiger partial charge in [-0.15, -0.1) is 0 Å². The average Bonchev–Trinajstić information content (AvgIpc) is 3.50. The minimum absolute atomic E-state index is 0.580. The highest BCUT2D eigenvalue weighted by Gasteiger charge is 2.38. The van der Waals surface area contributed by atoms with E-state index in [9.17, 15) is 0 Å². The Hall–Kier alpha value is -1.72. The van der Waals surface area contributed by atoms with Crippen molar-refractivity contribution in [2.24, 2.45) is 0 Å². The molecule has 2 aromatic carbocycles. The topological polar surface area (TPSA) is 13.0 Å². The molecule has 3 unspecified atom stereocenters. The van der Waals surface area contributed by atoms with Gasteiger partial charge in [-0.2, -0.15) is 0 Å². The first-order chi connectivity index (χ1) is 17.4. The van der Waals surface area contributed by atoms with Gasteiger partial charge in [-0.3, -0.25) is 14.7 Å². The van der Waals surface area contributed by atoms with Gasteiger partial charge in [-0.25, -0.2) is 0 Å². The lowest BCUT2D eigenvalue weighted by molar-refractivity contribution is 0.0781. The highest BCUT2D eigenvalue weighted by atomic mass is 15.3. The first-order valence-corrected chi connectivity index (χ1v) is 14.4. The summed E-state index contributed by atoms with van der Waals surface area (Å²) >= 11 is 0. The van der Waals surface area contributed by atoms with Crippen LogP contribution in [0.25, 0.3) is 0 Å². The fourth-order valence-corrected chi connectivity index (χ4v) is 6.67. The molecule has 4 nitrogen and oxygen atoms in total. The molecule has 5 rings (SSSR count). The van der Waals surface area contributed by atoms with Crippen LogP contribution in [0.4, 0.5) is 0 Å². The quantitative estimate of drug-likeness (QED) is 0.491. The van der Waals surface area contributed by atoms with E-state index in [1.807, 2.05) is 0 Å². The molecule has 0 spiro atoms. The third-order valence-corrected chi connectivity index (χ3v) is 8.63. The van der Waals surface area contributed by atoms with Crippen LogP contribution in [0, 0.1) is 0 Å². The maximum atomic E-state index is 2.71. The number of benzene rings is 2. The fourth-order valence-electron chi connectivity index (χ4n) is 6.67. The summed E-state index contributed by atoms with van der Waals surface area (Å²) in [6, 6.07) is 25.4. The smallest absolute Gasteiger partial charge is 0.0266 e. The molecule has 36 heavy (non-hydrogen) atoms. The Labute approximate surface area is 221 Å². The Morgan fingerprint density at radius 2 is 1.44 bits per heavy atom. The van der Waals surface area contributed by atoms with Crippen molar-refractivity contribution in [1.82, 2.24) is 19.6 Å². The summed E-state index contributed by atoms with van der Waals surface area (Å²) in [5.74, 6) is 0. The number of hydrogen-bond acceptors (Lipinski definition) is 4. The van der Waals surface area contributed by atoms with E-state index < -0.39 is 0 Å². The third-order valence-electron chi connectivity index (χ3n) is 8.63. The van der Waals surface area contributed by atoms with Crippen LogP contribution in [-0.2, 0) is 13.1 Å². The first kappa shape index (κ1) is 27.3. The van der Waals surface area contributed by atoms with Gasteiger partial charge < -0.3 is 4.90 Å². The molecule has 198 valence electrons. The molecule has 3 atom stereocenters. The molecule has 0 N–H and O–H groups in total. The summed E-state index contributed by atoms with van der Waals surface area (Å²) < 4.78 is 0. The van der Waals surface area contributed by atoms with E-state index in [-0.39, 0.29) is 0 Å². The Balaban J connectivity index is 0.000000197. The van der Waals surface area contributed by atoms with Gasteiger partial charge in [-0.1, -0.05) is 60.7 Å². The van der Waals surface area contributed by atoms with Gasteiger partial charge >= 0.3 is 0 Å². The third kappa shape index (κ3) is 7.19. The van der Waals surface area contributed by atoms with Gasteiger partial charge in [-0.05, 0) is 84.6 Å². The number of likely N-dealkylation sites (tertiary alicyclic amines) is 3. The van der Waals surface area contributed by atoms with E-state index in [1.165, 1.54) is 63.0 Å². The monoisotopic (exact) mass is 490 g/mol. The summed E-state index contributed by atoms with van der Waals surface area (Å²) in [7, 11) is 2.29. The van der Waals surface area contributed by atoms with E-state index in [1.54, 1.807) is 0 Å². The number of nitrogens with zero attached hydrogens (tertiary/aromatic N) is 4. The van der Waals surface area contributed by atoms with E-state index in [4.69, 9.17) is 0 Å². The van der Waals surface area contributed by atoms with Crippen molar-refractivity contribution >= 4 is 0 Å². The minimum Gasteiger partial charge on any atom is -0.302 e. The summed E-state index contributed by atoms with van der Waals surface area (Å²) in [5, 5.41) is 0. The van der Waals surface area contributed by atoms with Crippen LogP contribution >= 0.6 is 0 Å². The van der Waals surface area contributed by atoms with Crippen molar-refractivity contribution in [2.45, 2.75) is 96.7 Å². The molecule has 0 amide bonds. The van der Waals surface area contributed by atoms with E-state index >= 15 is 0 Å². The zero-order valence-corrected chi connectivity index (χ0v) is 23.5. The molecule has 0 aliphatic carbocycles. The molecule has 3 saturated heterocycles. The molecule has 4 heteroatoms. The summed E-state index contributed by atoms with van der Waals surface area (Å²) in [6.07, 6.45) is 5.48. The SMILES string of the molecule is CC(C)N(Cc1ccccc1)C1CCN(Cc2ccccc2)C1.CC(C)N1CCCC2C1CCN2C. The molecule has 3 aliphatic heterocycles. The van der Waals surface area contributed by atoms with Crippen LogP contribution in [0.15, 0.2) is 60.7 Å². The molecular formula is C32H50N4. The van der Waals surface area contributed by atoms with Crippen molar-refractivity contribution in [3.05, 3.63) is 71.8 Å². The Kier molecular flexibility index (Phi) is 10.0. The second-order valence-corrected chi connectivity index (χ2v) is 11.8. The summed E-state index contributed by atoms with van der Waals surface area (Å²) in [5.41, 5.74) is 2.84. The fraction of sp³-hybridized carbons (Fsp3) is 0.625. The molecule has 2 aromatic rings. The van der Waals surface area contributed by atoms with Crippen LogP contribution in [-0.4, -0.2) is 83.0 Å². The maximum absolute atomic E-state index is 2.71. The van der Waals surface area contributed by atoms with Crippen molar-refractivity contribution in [1.29, 1.82) is 0 Å². The number of fused-ring (bicyclic) bond motifs is 1. The van der Waals surface area contributed by atoms with Crippen molar-refractivity contribution < 1.29 is 0 Å². The van der Waals surface area contributed by atoms with Gasteiger partial charge in [0.25, 0.3) is 0 Å². The lowest BCUT2D eigenvalue weighted by Gasteiger charge is -2.41. The van der Waals surface area contributed by atoms with E-state index in [2.05, 4.69) is 115 Å². The Morgan fingerprint density at radius 1 is 0.778 bits per heavy atom. The van der Waals surface area contributed by atoms with Crippen LogP contribution in [0.5, 0.6) is 0 Å². The largest absolute Gasteiger partial charge is 0.302 e. The van der Waals surface area contributed by atoms with Crippen LogP contribution in [0.2, 0.25) is 0 Å². The molecule has 3 heterocycles. The van der Waals surface area contributed by atoms with Gasteiger partial charge in [0.1, 0.15) is 0 Å². The molecule has 0 bridgehead atoms. The standard InChI is InChI=1S/C21H28N2.C11H22N2/c1-18(2)23(16-20-11-7-4-8-12-20)21-13-14-22(17-21)15-19-9-5-3-6-10-19;1-9(2)13-7-4-5-10-11(13)6-8-12(10)3/h3-12,18,21H,13-17H2,1-2H3;9-11H,4-8H2,1-3H3. The molecule has 3 aliphatic rings. The second-order valence-electron chi connectivity index (χ2n) is 11.8. The van der Waals surface area contributed by atoms with Crippen LogP contribution < -0.4 is 0 Å².